The molecule has 0 saturated heterocycles. The van der Waals surface area contributed by atoms with Crippen molar-refractivity contribution in [3.63, 3.8) is 0 Å². The van der Waals surface area contributed by atoms with Gasteiger partial charge in [-0.2, -0.15) is 0 Å². The Bertz CT molecular complexity index is 570. The van der Waals surface area contributed by atoms with Crippen molar-refractivity contribution in [2.75, 3.05) is 14.1 Å². The second-order valence-corrected chi connectivity index (χ2v) is 5.89. The van der Waals surface area contributed by atoms with Crippen LogP contribution < -0.4 is 5.32 Å². The van der Waals surface area contributed by atoms with Gasteiger partial charge in [0.05, 0.1) is 5.92 Å². The van der Waals surface area contributed by atoms with Crippen LogP contribution in [0.4, 0.5) is 0 Å². The van der Waals surface area contributed by atoms with Gasteiger partial charge >= 0.3 is 0 Å². The van der Waals surface area contributed by atoms with Crippen molar-refractivity contribution in [3.05, 3.63) is 48.0 Å². The van der Waals surface area contributed by atoms with Gasteiger partial charge in [0.25, 0.3) is 0 Å². The van der Waals surface area contributed by atoms with Crippen LogP contribution in [0.3, 0.4) is 0 Å². The monoisotopic (exact) mass is 364 g/mol. The average Bonchev–Trinajstić information content (AvgIpc) is 2.63. The van der Waals surface area contributed by atoms with Crippen molar-refractivity contribution in [1.82, 2.24) is 10.2 Å². The third kappa shape index (κ3) is 7.37. The van der Waals surface area contributed by atoms with E-state index in [9.17, 15) is 19.8 Å². The Labute approximate surface area is 156 Å². The molecule has 0 spiro atoms. The number of amides is 2. The number of rotatable bonds is 8. The summed E-state index contributed by atoms with van der Waals surface area (Å²) >= 11 is 0. The van der Waals surface area contributed by atoms with Gasteiger partial charge in [-0.3, -0.25) is 9.59 Å². The first-order valence-electron chi connectivity index (χ1n) is 8.88. The number of hydrogen-bond donors (Lipinski definition) is 3. The molecule has 6 heteroatoms. The fourth-order valence-corrected chi connectivity index (χ4v) is 2.43. The molecule has 0 heterocycles. The Kier molecular flexibility index (Phi) is 11.2. The molecule has 1 aromatic carbocycles. The smallest absolute Gasteiger partial charge is 0.244 e. The lowest BCUT2D eigenvalue weighted by molar-refractivity contribution is -0.135. The van der Waals surface area contributed by atoms with Crippen molar-refractivity contribution >= 4 is 11.8 Å². The average molecular weight is 364 g/mol. The summed E-state index contributed by atoms with van der Waals surface area (Å²) in [6.45, 7) is 9.31. The normalized spacial score (nSPS) is 12.5. The quantitative estimate of drug-likeness (QED) is 0.484. The van der Waals surface area contributed by atoms with E-state index in [1.54, 1.807) is 21.0 Å². The highest BCUT2D eigenvalue weighted by atomic mass is 16.5. The Morgan fingerprint density at radius 1 is 1.15 bits per heavy atom. The minimum Gasteiger partial charge on any atom is -0.365 e. The third-order valence-electron chi connectivity index (χ3n) is 3.84. The van der Waals surface area contributed by atoms with Gasteiger partial charge in [-0.05, 0) is 17.6 Å². The van der Waals surface area contributed by atoms with Crippen LogP contribution in [0.1, 0.15) is 32.8 Å². The maximum absolute atomic E-state index is 12.5. The Hall–Kier alpha value is -2.18. The maximum Gasteiger partial charge on any atom is 0.244 e. The van der Waals surface area contributed by atoms with E-state index in [1.807, 2.05) is 44.2 Å². The Balaban J connectivity index is 0.00000301. The molecular formula is C20H32N2O4. The molecule has 0 radical (unpaired) electrons. The molecule has 0 fully saturated rings. The second kappa shape index (κ2) is 12.2. The van der Waals surface area contributed by atoms with Crippen LogP contribution in [0.15, 0.2) is 42.5 Å². The van der Waals surface area contributed by atoms with Gasteiger partial charge in [-0.1, -0.05) is 57.7 Å². The summed E-state index contributed by atoms with van der Waals surface area (Å²) in [5.41, 5.74) is 0.942. The van der Waals surface area contributed by atoms with Gasteiger partial charge in [0.1, 0.15) is 6.04 Å². The largest absolute Gasteiger partial charge is 0.365 e. The summed E-state index contributed by atoms with van der Waals surface area (Å²) < 4.78 is 0. The second-order valence-electron chi connectivity index (χ2n) is 5.89. The number of aliphatic hydroxyl groups excluding tert-OH is 1. The van der Waals surface area contributed by atoms with Crippen molar-refractivity contribution in [1.29, 1.82) is 0 Å². The van der Waals surface area contributed by atoms with Crippen molar-refractivity contribution in [2.24, 2.45) is 5.92 Å². The van der Waals surface area contributed by atoms with Crippen LogP contribution in [0.5, 0.6) is 0 Å². The molecule has 0 bridgehead atoms. The topological polar surface area (TPSA) is 89.9 Å². The molecule has 146 valence electrons. The van der Waals surface area contributed by atoms with E-state index in [1.165, 1.54) is 4.90 Å². The highest BCUT2D eigenvalue weighted by Crippen LogP contribution is 2.17. The summed E-state index contributed by atoms with van der Waals surface area (Å²) in [6.07, 6.45) is -1.05. The number of likely N-dealkylation sites (N-methyl/N-ethyl adjacent to an activating group) is 1. The number of carbonyl (C=O) groups excluding carboxylic acids is 2. The van der Waals surface area contributed by atoms with E-state index in [0.717, 1.165) is 5.56 Å². The molecule has 0 aliphatic rings. The van der Waals surface area contributed by atoms with Gasteiger partial charge in [0, 0.05) is 20.5 Å². The zero-order valence-electron chi connectivity index (χ0n) is 16.4. The van der Waals surface area contributed by atoms with Crippen LogP contribution in [0, 0.1) is 5.92 Å². The summed E-state index contributed by atoms with van der Waals surface area (Å²) in [7, 11) is 3.25. The van der Waals surface area contributed by atoms with Gasteiger partial charge in [0.2, 0.25) is 11.8 Å². The Morgan fingerprint density at radius 2 is 1.69 bits per heavy atom. The third-order valence-corrected chi connectivity index (χ3v) is 3.84. The zero-order chi connectivity index (χ0) is 20.3. The molecular weight excluding hydrogens is 332 g/mol. The lowest BCUT2D eigenvalue weighted by Crippen LogP contribution is -2.49. The number of nitrogens with zero attached hydrogens (tertiary/aromatic N) is 1. The van der Waals surface area contributed by atoms with Crippen LogP contribution in [-0.2, 0) is 16.0 Å². The number of hydrogen-bond acceptors (Lipinski definition) is 4. The minimum atomic E-state index is -1.77. The highest BCUT2D eigenvalue weighted by molar-refractivity contribution is 5.89. The SMILES string of the molecule is C=C(C(O)O)C(CC)C(=O)NC(Cc1ccccc1)C(=O)N(C)C.CC. The van der Waals surface area contributed by atoms with Crippen LogP contribution in [0.2, 0.25) is 0 Å². The number of aliphatic hydroxyl groups is 2. The minimum absolute atomic E-state index is 0.0192. The fraction of sp³-hybridized carbons (Fsp3) is 0.500. The highest BCUT2D eigenvalue weighted by Gasteiger charge is 2.29. The van der Waals surface area contributed by atoms with E-state index in [0.29, 0.717) is 12.8 Å². The Morgan fingerprint density at radius 3 is 2.12 bits per heavy atom. The van der Waals surface area contributed by atoms with Gasteiger partial charge < -0.3 is 20.4 Å². The predicted octanol–water partition coefficient (Wildman–Crippen LogP) is 1.72. The number of carbonyl (C=O) groups is 2. The molecule has 2 amide bonds. The first kappa shape index (κ1) is 23.8. The predicted molar refractivity (Wildman–Crippen MR) is 103 cm³/mol. The van der Waals surface area contributed by atoms with Crippen LogP contribution in [-0.4, -0.2) is 53.4 Å². The summed E-state index contributed by atoms with van der Waals surface area (Å²) in [4.78, 5) is 26.3. The molecule has 2 unspecified atom stereocenters. The number of benzene rings is 1. The van der Waals surface area contributed by atoms with Gasteiger partial charge in [-0.25, -0.2) is 0 Å². The molecule has 26 heavy (non-hydrogen) atoms. The molecule has 1 rings (SSSR count). The standard InChI is InChI=1S/C18H26N2O4.C2H6/c1-5-14(12(2)18(23)24)16(21)19-15(17(22)20(3)4)11-13-9-7-6-8-10-13;1-2/h6-10,14-15,18,23-24H,2,5,11H2,1,3-4H3,(H,19,21);1-2H3. The van der Waals surface area contributed by atoms with E-state index in [4.69, 9.17) is 0 Å². The van der Waals surface area contributed by atoms with Crippen LogP contribution >= 0.6 is 0 Å². The number of nitrogens with one attached hydrogen (secondary N) is 1. The van der Waals surface area contributed by atoms with E-state index in [2.05, 4.69) is 11.9 Å². The molecule has 0 aliphatic heterocycles. The summed E-state index contributed by atoms with van der Waals surface area (Å²) in [6, 6.07) is 8.66. The van der Waals surface area contributed by atoms with E-state index in [-0.39, 0.29) is 11.5 Å². The first-order chi connectivity index (χ1) is 12.3. The lowest BCUT2D eigenvalue weighted by Gasteiger charge is -2.25. The molecule has 0 saturated carbocycles. The first-order valence-corrected chi connectivity index (χ1v) is 8.88. The van der Waals surface area contributed by atoms with Gasteiger partial charge in [0.15, 0.2) is 6.29 Å². The summed E-state index contributed by atoms with van der Waals surface area (Å²) in [5, 5.41) is 21.2. The molecule has 6 nitrogen and oxygen atoms in total. The van der Waals surface area contributed by atoms with Crippen molar-refractivity contribution < 1.29 is 19.8 Å². The lowest BCUT2D eigenvalue weighted by atomic mass is 9.95. The molecule has 2 atom stereocenters. The van der Waals surface area contributed by atoms with Crippen molar-refractivity contribution in [2.45, 2.75) is 45.9 Å². The molecule has 3 N–H and O–H groups in total. The molecule has 0 aromatic heterocycles. The van der Waals surface area contributed by atoms with Crippen molar-refractivity contribution in [3.8, 4) is 0 Å². The maximum atomic E-state index is 12.5. The molecule has 1 aromatic rings. The van der Waals surface area contributed by atoms with Crippen LogP contribution in [0.25, 0.3) is 0 Å². The fourth-order valence-electron chi connectivity index (χ4n) is 2.43. The van der Waals surface area contributed by atoms with E-state index >= 15 is 0 Å². The van der Waals surface area contributed by atoms with Gasteiger partial charge in [-0.15, -0.1) is 0 Å². The summed E-state index contributed by atoms with van der Waals surface area (Å²) in [5.74, 6) is -1.43. The molecule has 0 aliphatic carbocycles. The zero-order valence-corrected chi connectivity index (χ0v) is 16.4. The van der Waals surface area contributed by atoms with E-state index < -0.39 is 24.2 Å².